The molecule has 0 aliphatic carbocycles. The number of nitrogens with zero attached hydrogens (tertiary/aromatic N) is 3. The van der Waals surface area contributed by atoms with Crippen LogP contribution in [0.2, 0.25) is 10.2 Å². The molecule has 0 atom stereocenters. The summed E-state index contributed by atoms with van der Waals surface area (Å²) in [6, 6.07) is 3.02. The summed E-state index contributed by atoms with van der Waals surface area (Å²) < 4.78 is 0. The third-order valence-corrected chi connectivity index (χ3v) is 3.71. The first-order valence-corrected chi connectivity index (χ1v) is 7.10. The molecule has 1 aromatic heterocycles. The van der Waals surface area contributed by atoms with Crippen LogP contribution in [0, 0.1) is 0 Å². The van der Waals surface area contributed by atoms with Crippen LogP contribution in [0.25, 0.3) is 0 Å². The number of rotatable bonds is 3. The van der Waals surface area contributed by atoms with Gasteiger partial charge in [0.25, 0.3) is 5.91 Å². The van der Waals surface area contributed by atoms with Gasteiger partial charge in [-0.15, -0.1) is 0 Å². The van der Waals surface area contributed by atoms with Gasteiger partial charge in [0.2, 0.25) is 5.91 Å². The van der Waals surface area contributed by atoms with Gasteiger partial charge in [0.15, 0.2) is 0 Å². The highest BCUT2D eigenvalue weighted by molar-refractivity contribution is 6.34. The first kappa shape index (κ1) is 15.1. The Hall–Kier alpha value is -1.33. The van der Waals surface area contributed by atoms with Crippen molar-refractivity contribution >= 4 is 35.0 Å². The van der Waals surface area contributed by atoms with Gasteiger partial charge < -0.3 is 9.80 Å². The summed E-state index contributed by atoms with van der Waals surface area (Å²) in [5.41, 5.74) is 0.0656. The number of halogens is 2. The number of carbonyl (C=O) groups excluding carboxylic acids is 2. The van der Waals surface area contributed by atoms with Crippen LogP contribution in [-0.4, -0.2) is 53.3 Å². The molecule has 0 aromatic carbocycles. The predicted molar refractivity (Wildman–Crippen MR) is 77.0 cm³/mol. The first-order chi connectivity index (χ1) is 9.49. The molecule has 20 heavy (non-hydrogen) atoms. The molecule has 0 N–H and O–H groups in total. The molecule has 0 unspecified atom stereocenters. The maximum absolute atomic E-state index is 12.2. The third-order valence-electron chi connectivity index (χ3n) is 3.19. The fourth-order valence-corrected chi connectivity index (χ4v) is 2.42. The molecule has 1 aliphatic rings. The minimum absolute atomic E-state index is 0.0172. The highest BCUT2D eigenvalue weighted by Gasteiger charge is 2.23. The number of amides is 2. The lowest BCUT2D eigenvalue weighted by Gasteiger charge is -2.21. The number of aromatic nitrogens is 1. The SMILES string of the molecule is CN(CC(=O)N1CCCC1)C(=O)c1nc(Cl)ccc1Cl. The number of pyridine rings is 1. The second kappa shape index (κ2) is 6.41. The van der Waals surface area contributed by atoms with E-state index in [2.05, 4.69) is 4.98 Å². The van der Waals surface area contributed by atoms with Gasteiger partial charge in [-0.05, 0) is 25.0 Å². The fourth-order valence-electron chi connectivity index (χ4n) is 2.09. The minimum atomic E-state index is -0.412. The fraction of sp³-hybridized carbons (Fsp3) is 0.462. The van der Waals surface area contributed by atoms with E-state index in [9.17, 15) is 9.59 Å². The van der Waals surface area contributed by atoms with Gasteiger partial charge in [0.05, 0.1) is 11.6 Å². The van der Waals surface area contributed by atoms with Crippen LogP contribution >= 0.6 is 23.2 Å². The summed E-state index contributed by atoms with van der Waals surface area (Å²) in [4.78, 5) is 31.2. The lowest BCUT2D eigenvalue weighted by Crippen LogP contribution is -2.40. The Labute approximate surface area is 127 Å². The zero-order chi connectivity index (χ0) is 14.7. The van der Waals surface area contributed by atoms with E-state index in [-0.39, 0.29) is 28.3 Å². The molecule has 1 saturated heterocycles. The number of hydrogen-bond acceptors (Lipinski definition) is 3. The van der Waals surface area contributed by atoms with E-state index in [0.29, 0.717) is 0 Å². The van der Waals surface area contributed by atoms with Gasteiger partial charge >= 0.3 is 0 Å². The second-order valence-corrected chi connectivity index (χ2v) is 5.51. The minimum Gasteiger partial charge on any atom is -0.341 e. The van der Waals surface area contributed by atoms with E-state index in [1.807, 2.05) is 0 Å². The van der Waals surface area contributed by atoms with Crippen molar-refractivity contribution < 1.29 is 9.59 Å². The highest BCUT2D eigenvalue weighted by Crippen LogP contribution is 2.18. The molecule has 1 fully saturated rings. The lowest BCUT2D eigenvalue weighted by molar-refractivity contribution is -0.130. The Balaban J connectivity index is 2.04. The summed E-state index contributed by atoms with van der Waals surface area (Å²) in [6.07, 6.45) is 2.04. The van der Waals surface area contributed by atoms with E-state index < -0.39 is 5.91 Å². The molecule has 0 saturated carbocycles. The first-order valence-electron chi connectivity index (χ1n) is 6.34. The van der Waals surface area contributed by atoms with Crippen LogP contribution < -0.4 is 0 Å². The van der Waals surface area contributed by atoms with Crippen molar-refractivity contribution in [2.75, 3.05) is 26.7 Å². The molecule has 108 valence electrons. The molecule has 2 heterocycles. The zero-order valence-corrected chi connectivity index (χ0v) is 12.6. The molecule has 1 aromatic rings. The van der Waals surface area contributed by atoms with Crippen LogP contribution in [0.5, 0.6) is 0 Å². The topological polar surface area (TPSA) is 53.5 Å². The van der Waals surface area contributed by atoms with Crippen molar-refractivity contribution in [2.24, 2.45) is 0 Å². The van der Waals surface area contributed by atoms with Crippen molar-refractivity contribution in [2.45, 2.75) is 12.8 Å². The number of hydrogen-bond donors (Lipinski definition) is 0. The summed E-state index contributed by atoms with van der Waals surface area (Å²) in [5.74, 6) is -0.471. The Morgan fingerprint density at radius 1 is 1.30 bits per heavy atom. The third kappa shape index (κ3) is 3.41. The van der Waals surface area contributed by atoms with Crippen LogP contribution in [0.3, 0.4) is 0 Å². The summed E-state index contributed by atoms with van der Waals surface area (Å²) in [5, 5.41) is 0.414. The molecular weight excluding hydrogens is 301 g/mol. The largest absolute Gasteiger partial charge is 0.341 e. The van der Waals surface area contributed by atoms with E-state index in [0.717, 1.165) is 25.9 Å². The van der Waals surface area contributed by atoms with E-state index in [1.165, 1.54) is 17.0 Å². The molecule has 2 rings (SSSR count). The van der Waals surface area contributed by atoms with Crippen molar-refractivity contribution in [3.05, 3.63) is 28.0 Å². The van der Waals surface area contributed by atoms with Gasteiger partial charge in [-0.25, -0.2) is 4.98 Å². The highest BCUT2D eigenvalue weighted by atomic mass is 35.5. The maximum atomic E-state index is 12.2. The number of likely N-dealkylation sites (tertiary alicyclic amines) is 1. The maximum Gasteiger partial charge on any atom is 0.274 e. The smallest absolute Gasteiger partial charge is 0.274 e. The van der Waals surface area contributed by atoms with Crippen LogP contribution in [0.4, 0.5) is 0 Å². The second-order valence-electron chi connectivity index (χ2n) is 4.71. The van der Waals surface area contributed by atoms with E-state index in [1.54, 1.807) is 11.9 Å². The number of carbonyl (C=O) groups is 2. The predicted octanol–water partition coefficient (Wildman–Crippen LogP) is 2.08. The van der Waals surface area contributed by atoms with Crippen LogP contribution in [0.15, 0.2) is 12.1 Å². The van der Waals surface area contributed by atoms with Crippen molar-refractivity contribution in [1.29, 1.82) is 0 Å². The molecule has 0 bridgehead atoms. The number of likely N-dealkylation sites (N-methyl/N-ethyl adjacent to an activating group) is 1. The van der Waals surface area contributed by atoms with E-state index in [4.69, 9.17) is 23.2 Å². The van der Waals surface area contributed by atoms with Crippen molar-refractivity contribution in [3.8, 4) is 0 Å². The van der Waals surface area contributed by atoms with Crippen LogP contribution in [0.1, 0.15) is 23.3 Å². The van der Waals surface area contributed by atoms with E-state index >= 15 is 0 Å². The van der Waals surface area contributed by atoms with Gasteiger partial charge in [-0.1, -0.05) is 23.2 Å². The van der Waals surface area contributed by atoms with Gasteiger partial charge in [-0.3, -0.25) is 9.59 Å². The Kier molecular flexibility index (Phi) is 4.83. The summed E-state index contributed by atoms with van der Waals surface area (Å²) in [7, 11) is 1.55. The standard InChI is InChI=1S/C13H15Cl2N3O2/c1-17(8-11(19)18-6-2-3-7-18)13(20)12-9(14)4-5-10(15)16-12/h4-5H,2-3,6-8H2,1H3. The summed E-state index contributed by atoms with van der Waals surface area (Å²) >= 11 is 11.7. The van der Waals surface area contributed by atoms with Crippen LogP contribution in [-0.2, 0) is 4.79 Å². The summed E-state index contributed by atoms with van der Waals surface area (Å²) in [6.45, 7) is 1.54. The van der Waals surface area contributed by atoms with Gasteiger partial charge in [-0.2, -0.15) is 0 Å². The average Bonchev–Trinajstić information content (AvgIpc) is 2.94. The molecular formula is C13H15Cl2N3O2. The van der Waals surface area contributed by atoms with Crippen molar-refractivity contribution in [1.82, 2.24) is 14.8 Å². The van der Waals surface area contributed by atoms with Gasteiger partial charge in [0, 0.05) is 20.1 Å². The zero-order valence-electron chi connectivity index (χ0n) is 11.1. The monoisotopic (exact) mass is 315 g/mol. The average molecular weight is 316 g/mol. The lowest BCUT2D eigenvalue weighted by atomic mass is 10.3. The van der Waals surface area contributed by atoms with Crippen molar-refractivity contribution in [3.63, 3.8) is 0 Å². The molecule has 0 radical (unpaired) electrons. The Bertz CT molecular complexity index is 530. The molecule has 7 heteroatoms. The Morgan fingerprint density at radius 2 is 1.95 bits per heavy atom. The quantitative estimate of drug-likeness (QED) is 0.802. The Morgan fingerprint density at radius 3 is 2.60 bits per heavy atom. The molecule has 1 aliphatic heterocycles. The molecule has 5 nitrogen and oxygen atoms in total. The normalized spacial score (nSPS) is 14.4. The molecule has 0 spiro atoms. The van der Waals surface area contributed by atoms with Gasteiger partial charge in [0.1, 0.15) is 10.8 Å². The molecule has 2 amide bonds.